The molecule has 0 saturated carbocycles. The van der Waals surface area contributed by atoms with Gasteiger partial charge < -0.3 is 0 Å². The minimum Gasteiger partial charge on any atom is -0.196 e. The Morgan fingerprint density at radius 3 is 2.44 bits per heavy atom. The van der Waals surface area contributed by atoms with E-state index in [2.05, 4.69) is 10.3 Å². The summed E-state index contributed by atoms with van der Waals surface area (Å²) in [6.45, 7) is 3.92. The van der Waals surface area contributed by atoms with Gasteiger partial charge in [0, 0.05) is 4.88 Å². The van der Waals surface area contributed by atoms with E-state index in [1.807, 2.05) is 13.8 Å². The number of aryl methyl sites for hydroxylation is 2. The third kappa shape index (κ3) is 0.962. The summed E-state index contributed by atoms with van der Waals surface area (Å²) in [7, 11) is 0. The molecule has 0 radical (unpaired) electrons. The van der Waals surface area contributed by atoms with E-state index in [0.29, 0.717) is 0 Å². The fourth-order valence-corrected chi connectivity index (χ4v) is 1.35. The zero-order chi connectivity index (χ0) is 6.85. The molecule has 0 fully saturated rings. The molecule has 9 heavy (non-hydrogen) atoms. The predicted molar refractivity (Wildman–Crippen MR) is 39.5 cm³/mol. The van der Waals surface area contributed by atoms with E-state index in [-0.39, 0.29) is 0 Å². The van der Waals surface area contributed by atoms with Crippen LogP contribution in [0.15, 0.2) is 0 Å². The highest BCUT2D eigenvalue weighted by Crippen LogP contribution is 2.14. The van der Waals surface area contributed by atoms with Gasteiger partial charge in [0.2, 0.25) is 0 Å². The van der Waals surface area contributed by atoms with E-state index in [1.54, 1.807) is 0 Å². The summed E-state index contributed by atoms with van der Waals surface area (Å²) in [4.78, 5) is 1.13. The van der Waals surface area contributed by atoms with E-state index in [0.717, 1.165) is 16.1 Å². The standard InChI is InChI=1S/C7H7NS/c1-4-7-5(2)8-9-6(7)3/h1H,2-3H3. The van der Waals surface area contributed by atoms with Gasteiger partial charge in [0.1, 0.15) is 0 Å². The van der Waals surface area contributed by atoms with Gasteiger partial charge in [-0.05, 0) is 25.4 Å². The zero-order valence-corrected chi connectivity index (χ0v) is 6.25. The molecule has 1 heterocycles. The Bertz CT molecular complexity index is 235. The molecular formula is C7H7NS. The minimum absolute atomic E-state index is 0.958. The quantitative estimate of drug-likeness (QED) is 0.496. The van der Waals surface area contributed by atoms with Crippen molar-refractivity contribution in [2.24, 2.45) is 0 Å². The Balaban J connectivity index is 3.27. The summed E-state index contributed by atoms with van der Waals surface area (Å²) >= 11 is 1.46. The Morgan fingerprint density at radius 2 is 2.22 bits per heavy atom. The van der Waals surface area contributed by atoms with Crippen molar-refractivity contribution in [3.05, 3.63) is 16.1 Å². The maximum Gasteiger partial charge on any atom is 0.0670 e. The molecule has 1 aromatic rings. The first-order valence-corrected chi connectivity index (χ1v) is 3.42. The van der Waals surface area contributed by atoms with Crippen molar-refractivity contribution in [2.45, 2.75) is 13.8 Å². The van der Waals surface area contributed by atoms with Crippen LogP contribution in [0.2, 0.25) is 0 Å². The maximum absolute atomic E-state index is 5.21. The predicted octanol–water partition coefficient (Wildman–Crippen LogP) is 1.74. The molecule has 0 atom stereocenters. The Labute approximate surface area is 58.9 Å². The van der Waals surface area contributed by atoms with Crippen LogP contribution in [0.5, 0.6) is 0 Å². The van der Waals surface area contributed by atoms with Gasteiger partial charge in [-0.25, -0.2) is 0 Å². The highest BCUT2D eigenvalue weighted by molar-refractivity contribution is 7.06. The lowest BCUT2D eigenvalue weighted by molar-refractivity contribution is 1.32. The number of hydrogen-bond donors (Lipinski definition) is 0. The molecule has 1 aromatic heterocycles. The van der Waals surface area contributed by atoms with Crippen molar-refractivity contribution in [1.82, 2.24) is 4.37 Å². The highest BCUT2D eigenvalue weighted by atomic mass is 32.1. The third-order valence-corrected chi connectivity index (χ3v) is 2.02. The maximum atomic E-state index is 5.21. The summed E-state index contributed by atoms with van der Waals surface area (Å²) in [5.74, 6) is 2.59. The van der Waals surface area contributed by atoms with Crippen molar-refractivity contribution in [3.8, 4) is 12.3 Å². The molecule has 1 rings (SSSR count). The van der Waals surface area contributed by atoms with Gasteiger partial charge >= 0.3 is 0 Å². The Morgan fingerprint density at radius 1 is 1.56 bits per heavy atom. The van der Waals surface area contributed by atoms with Gasteiger partial charge in [-0.15, -0.1) is 6.42 Å². The normalized spacial score (nSPS) is 9.00. The molecule has 0 saturated heterocycles. The van der Waals surface area contributed by atoms with Crippen molar-refractivity contribution in [3.63, 3.8) is 0 Å². The smallest absolute Gasteiger partial charge is 0.0670 e. The lowest BCUT2D eigenvalue weighted by Gasteiger charge is -1.83. The zero-order valence-electron chi connectivity index (χ0n) is 5.43. The van der Waals surface area contributed by atoms with Gasteiger partial charge in [0.25, 0.3) is 0 Å². The molecule has 46 valence electrons. The monoisotopic (exact) mass is 137 g/mol. The van der Waals surface area contributed by atoms with Crippen LogP contribution in [-0.4, -0.2) is 4.37 Å². The third-order valence-electron chi connectivity index (χ3n) is 1.18. The molecule has 0 bridgehead atoms. The summed E-state index contributed by atoms with van der Waals surface area (Å²) in [6, 6.07) is 0. The summed E-state index contributed by atoms with van der Waals surface area (Å²) in [5, 5.41) is 0. The number of aromatic nitrogens is 1. The van der Waals surface area contributed by atoms with Gasteiger partial charge in [0.15, 0.2) is 0 Å². The van der Waals surface area contributed by atoms with Gasteiger partial charge in [-0.3, -0.25) is 0 Å². The van der Waals surface area contributed by atoms with Gasteiger partial charge in [-0.1, -0.05) is 5.92 Å². The molecule has 1 nitrogen and oxygen atoms in total. The SMILES string of the molecule is C#Cc1c(C)nsc1C. The van der Waals surface area contributed by atoms with Gasteiger partial charge in [-0.2, -0.15) is 4.37 Å². The van der Waals surface area contributed by atoms with Crippen LogP contribution in [0.25, 0.3) is 0 Å². The first-order chi connectivity index (χ1) is 4.25. The van der Waals surface area contributed by atoms with Crippen LogP contribution < -0.4 is 0 Å². The van der Waals surface area contributed by atoms with Crippen molar-refractivity contribution in [1.29, 1.82) is 0 Å². The van der Waals surface area contributed by atoms with E-state index in [1.165, 1.54) is 11.5 Å². The lowest BCUT2D eigenvalue weighted by Crippen LogP contribution is -1.75. The highest BCUT2D eigenvalue weighted by Gasteiger charge is 2.00. The fraction of sp³-hybridized carbons (Fsp3) is 0.286. The van der Waals surface area contributed by atoms with Crippen LogP contribution in [0.4, 0.5) is 0 Å². The molecule has 0 unspecified atom stereocenters. The number of nitrogens with zero attached hydrogens (tertiary/aromatic N) is 1. The summed E-state index contributed by atoms with van der Waals surface area (Å²) < 4.78 is 4.09. The molecular weight excluding hydrogens is 130 g/mol. The first kappa shape index (κ1) is 6.31. The Kier molecular flexibility index (Phi) is 1.54. The topological polar surface area (TPSA) is 12.9 Å². The molecule has 0 spiro atoms. The minimum atomic E-state index is 0.958. The average molecular weight is 137 g/mol. The van der Waals surface area contributed by atoms with E-state index in [4.69, 9.17) is 6.42 Å². The molecule has 0 aromatic carbocycles. The lowest BCUT2D eigenvalue weighted by atomic mass is 10.2. The molecule has 0 aliphatic carbocycles. The van der Waals surface area contributed by atoms with Crippen LogP contribution in [0.1, 0.15) is 16.1 Å². The van der Waals surface area contributed by atoms with Crippen LogP contribution in [-0.2, 0) is 0 Å². The van der Waals surface area contributed by atoms with Crippen molar-refractivity contribution >= 4 is 11.5 Å². The second kappa shape index (κ2) is 2.20. The number of hydrogen-bond acceptors (Lipinski definition) is 2. The van der Waals surface area contributed by atoms with E-state index in [9.17, 15) is 0 Å². The first-order valence-electron chi connectivity index (χ1n) is 2.65. The van der Waals surface area contributed by atoms with Crippen LogP contribution in [0, 0.1) is 26.2 Å². The number of rotatable bonds is 0. The molecule has 0 amide bonds. The molecule has 0 aliphatic heterocycles. The number of terminal acetylenes is 1. The molecule has 2 heteroatoms. The largest absolute Gasteiger partial charge is 0.196 e. The average Bonchev–Trinajstić information content (AvgIpc) is 2.12. The van der Waals surface area contributed by atoms with E-state index >= 15 is 0 Å². The molecule has 0 aliphatic rings. The molecule has 0 N–H and O–H groups in total. The summed E-state index contributed by atoms with van der Waals surface area (Å²) in [5.41, 5.74) is 1.93. The summed E-state index contributed by atoms with van der Waals surface area (Å²) in [6.07, 6.45) is 5.21. The van der Waals surface area contributed by atoms with Crippen molar-refractivity contribution in [2.75, 3.05) is 0 Å². The second-order valence-electron chi connectivity index (χ2n) is 1.84. The van der Waals surface area contributed by atoms with Crippen LogP contribution >= 0.6 is 11.5 Å². The fourth-order valence-electron chi connectivity index (χ4n) is 0.689. The van der Waals surface area contributed by atoms with Crippen LogP contribution in [0.3, 0.4) is 0 Å². The second-order valence-corrected chi connectivity index (χ2v) is 2.82. The Hall–Kier alpha value is -0.810. The van der Waals surface area contributed by atoms with E-state index < -0.39 is 0 Å². The van der Waals surface area contributed by atoms with Crippen molar-refractivity contribution < 1.29 is 0 Å². The van der Waals surface area contributed by atoms with Gasteiger partial charge in [0.05, 0.1) is 11.3 Å².